The Kier molecular flexibility index (Phi) is 5.96. The van der Waals surface area contributed by atoms with Gasteiger partial charge in [-0.3, -0.25) is 0 Å². The number of halogens is 4. The summed E-state index contributed by atoms with van der Waals surface area (Å²) in [5.74, 6) is -1.61. The molecule has 2 N–H and O–H groups in total. The minimum absolute atomic E-state index is 0.0453. The van der Waals surface area contributed by atoms with Gasteiger partial charge in [0.2, 0.25) is 0 Å². The lowest BCUT2D eigenvalue weighted by Gasteiger charge is -2.20. The van der Waals surface area contributed by atoms with Crippen LogP contribution in [0.5, 0.6) is 5.75 Å². The molecule has 0 unspecified atom stereocenters. The first kappa shape index (κ1) is 19.9. The van der Waals surface area contributed by atoms with E-state index < -0.39 is 23.4 Å². The van der Waals surface area contributed by atoms with Crippen molar-refractivity contribution < 1.29 is 18.3 Å². The third-order valence-corrected chi connectivity index (χ3v) is 4.32. The van der Waals surface area contributed by atoms with Crippen molar-refractivity contribution in [2.45, 2.75) is 6.61 Å². The zero-order valence-electron chi connectivity index (χ0n) is 14.2. The molecule has 0 aliphatic rings. The average molecular weight is 424 g/mol. The Balaban J connectivity index is 1.83. The van der Waals surface area contributed by atoms with E-state index in [0.29, 0.717) is 26.3 Å². The Morgan fingerprint density at radius 3 is 2.18 bits per heavy atom. The van der Waals surface area contributed by atoms with Crippen LogP contribution < -0.4 is 15.4 Å². The number of urea groups is 1. The van der Waals surface area contributed by atoms with Crippen LogP contribution in [0.4, 0.5) is 25.1 Å². The van der Waals surface area contributed by atoms with Crippen LogP contribution in [0.15, 0.2) is 54.7 Å². The highest BCUT2D eigenvalue weighted by molar-refractivity contribution is 6.37. The van der Waals surface area contributed by atoms with Gasteiger partial charge in [-0.15, -0.1) is 0 Å². The van der Waals surface area contributed by atoms with E-state index in [4.69, 9.17) is 33.7 Å². The van der Waals surface area contributed by atoms with Crippen LogP contribution in [-0.4, -0.2) is 11.0 Å². The predicted molar refractivity (Wildman–Crippen MR) is 103 cm³/mol. The topological polar surface area (TPSA) is 68.5 Å². The van der Waals surface area contributed by atoms with Gasteiger partial charge in [-0.1, -0.05) is 41.4 Å². The molecule has 3 rings (SSSR count). The molecule has 0 atom stereocenters. The van der Waals surface area contributed by atoms with Gasteiger partial charge in [0.25, 0.3) is 0 Å². The molecule has 2 amide bonds. The molecule has 9 heteroatoms. The second-order valence-corrected chi connectivity index (χ2v) is 6.42. The number of carbonyl (C=O) groups excluding carboxylic acids is 1. The standard InChI is InChI=1S/C19H13Cl2F2N3O2/c20-12-3-1-4-13(21)18(12)28-10-11-7-8-16(25-9-11)26(19(24)27)17-14(22)5-2-6-15(17)23/h1-9H,10H2,(H2,24,27). The smallest absolute Gasteiger partial charge is 0.325 e. The highest BCUT2D eigenvalue weighted by atomic mass is 35.5. The van der Waals surface area contributed by atoms with Crippen molar-refractivity contribution in [2.75, 3.05) is 4.90 Å². The van der Waals surface area contributed by atoms with Crippen LogP contribution in [-0.2, 0) is 6.61 Å². The fraction of sp³-hybridized carbons (Fsp3) is 0.0526. The molecule has 2 aromatic carbocycles. The van der Waals surface area contributed by atoms with Crippen molar-refractivity contribution in [3.8, 4) is 5.75 Å². The fourth-order valence-electron chi connectivity index (χ4n) is 2.45. The third-order valence-electron chi connectivity index (χ3n) is 3.72. The van der Waals surface area contributed by atoms with Gasteiger partial charge in [0.1, 0.15) is 29.7 Å². The van der Waals surface area contributed by atoms with Gasteiger partial charge in [0.15, 0.2) is 5.75 Å². The van der Waals surface area contributed by atoms with Gasteiger partial charge in [-0.05, 0) is 30.3 Å². The number of para-hydroxylation sites is 2. The van der Waals surface area contributed by atoms with Gasteiger partial charge < -0.3 is 10.5 Å². The van der Waals surface area contributed by atoms with E-state index >= 15 is 0 Å². The number of carbonyl (C=O) groups is 1. The van der Waals surface area contributed by atoms with E-state index in [9.17, 15) is 13.6 Å². The Bertz CT molecular complexity index is 976. The minimum atomic E-state index is -1.08. The van der Waals surface area contributed by atoms with Crippen LogP contribution in [0.3, 0.4) is 0 Å². The summed E-state index contributed by atoms with van der Waals surface area (Å²) in [5, 5.41) is 0.707. The van der Waals surface area contributed by atoms with Crippen LogP contribution >= 0.6 is 23.2 Å². The zero-order chi connectivity index (χ0) is 20.3. The predicted octanol–water partition coefficient (Wildman–Crippen LogP) is 5.46. The van der Waals surface area contributed by atoms with E-state index in [0.717, 1.165) is 12.1 Å². The molecule has 0 saturated carbocycles. The first-order valence-corrected chi connectivity index (χ1v) is 8.69. The van der Waals surface area contributed by atoms with E-state index in [1.54, 1.807) is 24.3 Å². The van der Waals surface area contributed by atoms with E-state index in [1.165, 1.54) is 18.3 Å². The summed E-state index contributed by atoms with van der Waals surface area (Å²) in [4.78, 5) is 16.5. The number of nitrogens with two attached hydrogens (primary N) is 1. The molecular formula is C19H13Cl2F2N3O2. The van der Waals surface area contributed by atoms with E-state index in [2.05, 4.69) is 4.98 Å². The van der Waals surface area contributed by atoms with Crippen LogP contribution in [0.25, 0.3) is 0 Å². The molecule has 0 aliphatic carbocycles. The number of ether oxygens (including phenoxy) is 1. The lowest BCUT2D eigenvalue weighted by atomic mass is 10.2. The second kappa shape index (κ2) is 8.41. The number of hydrogen-bond donors (Lipinski definition) is 1. The monoisotopic (exact) mass is 423 g/mol. The molecule has 0 radical (unpaired) electrons. The largest absolute Gasteiger partial charge is 0.486 e. The van der Waals surface area contributed by atoms with Crippen LogP contribution in [0.2, 0.25) is 10.0 Å². The molecule has 0 aliphatic heterocycles. The molecule has 28 heavy (non-hydrogen) atoms. The Morgan fingerprint density at radius 1 is 1.04 bits per heavy atom. The van der Waals surface area contributed by atoms with E-state index in [1.807, 2.05) is 0 Å². The molecule has 0 saturated heterocycles. The summed E-state index contributed by atoms with van der Waals surface area (Å²) in [6, 6.07) is 10.1. The fourth-order valence-corrected chi connectivity index (χ4v) is 2.96. The average Bonchev–Trinajstić information content (AvgIpc) is 2.65. The second-order valence-electron chi connectivity index (χ2n) is 5.61. The summed E-state index contributed by atoms with van der Waals surface area (Å²) in [6.45, 7) is 0.0847. The van der Waals surface area contributed by atoms with Gasteiger partial charge in [-0.2, -0.15) is 0 Å². The van der Waals surface area contributed by atoms with Crippen molar-refractivity contribution >= 4 is 40.7 Å². The molecule has 0 spiro atoms. The Hall–Kier alpha value is -2.90. The quantitative estimate of drug-likeness (QED) is 0.591. The number of primary amides is 1. The highest BCUT2D eigenvalue weighted by Crippen LogP contribution is 2.33. The SMILES string of the molecule is NC(=O)N(c1ccc(COc2c(Cl)cccc2Cl)cn1)c1c(F)cccc1F. The van der Waals surface area contributed by atoms with Gasteiger partial charge in [0.05, 0.1) is 10.0 Å². The van der Waals surface area contributed by atoms with Gasteiger partial charge >= 0.3 is 6.03 Å². The molecule has 0 bridgehead atoms. The number of hydrogen-bond acceptors (Lipinski definition) is 3. The Labute approximate surface area is 169 Å². The van der Waals surface area contributed by atoms with Crippen molar-refractivity contribution in [3.63, 3.8) is 0 Å². The first-order valence-electron chi connectivity index (χ1n) is 7.94. The maximum absolute atomic E-state index is 14.0. The Morgan fingerprint density at radius 2 is 1.64 bits per heavy atom. The van der Waals surface area contributed by atoms with Crippen molar-refractivity contribution in [1.29, 1.82) is 0 Å². The summed E-state index contributed by atoms with van der Waals surface area (Å²) >= 11 is 12.1. The number of anilines is 2. The minimum Gasteiger partial charge on any atom is -0.486 e. The molecule has 5 nitrogen and oxygen atoms in total. The number of pyridine rings is 1. The summed E-state index contributed by atoms with van der Waals surface area (Å²) in [6.07, 6.45) is 1.38. The third kappa shape index (κ3) is 4.16. The summed E-state index contributed by atoms with van der Waals surface area (Å²) < 4.78 is 33.7. The lowest BCUT2D eigenvalue weighted by molar-refractivity contribution is 0.255. The summed E-state index contributed by atoms with van der Waals surface area (Å²) in [5.41, 5.74) is 5.31. The number of aromatic nitrogens is 1. The molecule has 0 fully saturated rings. The van der Waals surface area contributed by atoms with E-state index in [-0.39, 0.29) is 12.4 Å². The zero-order valence-corrected chi connectivity index (χ0v) is 15.7. The highest BCUT2D eigenvalue weighted by Gasteiger charge is 2.23. The summed E-state index contributed by atoms with van der Waals surface area (Å²) in [7, 11) is 0. The lowest BCUT2D eigenvalue weighted by Crippen LogP contribution is -2.33. The first-order chi connectivity index (χ1) is 13.4. The van der Waals surface area contributed by atoms with Gasteiger partial charge in [-0.25, -0.2) is 23.5 Å². The van der Waals surface area contributed by atoms with Crippen LogP contribution in [0.1, 0.15) is 5.56 Å². The van der Waals surface area contributed by atoms with Crippen molar-refractivity contribution in [2.24, 2.45) is 5.73 Å². The maximum atomic E-state index is 14.0. The molecule has 1 aromatic heterocycles. The van der Waals surface area contributed by atoms with Crippen molar-refractivity contribution in [1.82, 2.24) is 4.98 Å². The molecule has 3 aromatic rings. The molecule has 144 valence electrons. The van der Waals surface area contributed by atoms with Crippen LogP contribution in [0, 0.1) is 11.6 Å². The number of benzene rings is 2. The number of rotatable bonds is 5. The van der Waals surface area contributed by atoms with Gasteiger partial charge in [0, 0.05) is 11.8 Å². The van der Waals surface area contributed by atoms with Crippen molar-refractivity contribution in [3.05, 3.63) is 82.0 Å². The number of nitrogens with zero attached hydrogens (tertiary/aromatic N) is 2. The number of amides is 2. The molecule has 1 heterocycles. The molecular weight excluding hydrogens is 411 g/mol. The maximum Gasteiger partial charge on any atom is 0.325 e. The normalized spacial score (nSPS) is 10.6.